The van der Waals surface area contributed by atoms with Crippen LogP contribution in [0.15, 0.2) is 41.4 Å². The molecular weight excluding hydrogens is 381 g/mol. The van der Waals surface area contributed by atoms with Crippen LogP contribution in [-0.2, 0) is 16.6 Å². The number of nitrogens with one attached hydrogen (secondary N) is 1. The van der Waals surface area contributed by atoms with Gasteiger partial charge in [0, 0.05) is 23.3 Å². The largest absolute Gasteiger partial charge is 0.468 e. The summed E-state index contributed by atoms with van der Waals surface area (Å²) in [6.45, 7) is -0.201. The van der Waals surface area contributed by atoms with Crippen molar-refractivity contribution < 1.29 is 26.3 Å². The molecule has 0 aliphatic carbocycles. The lowest BCUT2D eigenvalue weighted by molar-refractivity contribution is -0.154. The number of rotatable bonds is 6. The Morgan fingerprint density at radius 2 is 2.00 bits per heavy atom. The van der Waals surface area contributed by atoms with Gasteiger partial charge in [0.2, 0.25) is 15.9 Å². The van der Waals surface area contributed by atoms with Gasteiger partial charge in [-0.05, 0) is 36.8 Å². The van der Waals surface area contributed by atoms with Crippen molar-refractivity contribution in [3.63, 3.8) is 0 Å². The van der Waals surface area contributed by atoms with Gasteiger partial charge in [0.15, 0.2) is 6.61 Å². The molecule has 0 saturated carbocycles. The average molecular weight is 395 g/mol. The van der Waals surface area contributed by atoms with Crippen molar-refractivity contribution in [2.45, 2.75) is 24.5 Å². The molecule has 0 saturated heterocycles. The zero-order valence-corrected chi connectivity index (χ0v) is 14.5. The second-order valence-electron chi connectivity index (χ2n) is 5.11. The predicted octanol–water partition coefficient (Wildman–Crippen LogP) is 3.46. The highest BCUT2D eigenvalue weighted by molar-refractivity contribution is 7.89. The Balaban J connectivity index is 2.15. The van der Waals surface area contributed by atoms with E-state index in [9.17, 15) is 21.6 Å². The number of sulfonamides is 1. The van der Waals surface area contributed by atoms with Gasteiger partial charge in [0.25, 0.3) is 0 Å². The van der Waals surface area contributed by atoms with Crippen LogP contribution in [0.5, 0.6) is 5.88 Å². The Morgan fingerprint density at radius 3 is 2.64 bits per heavy atom. The molecule has 1 aromatic carbocycles. The molecule has 1 aromatic heterocycles. The molecule has 0 aliphatic heterocycles. The van der Waals surface area contributed by atoms with Crippen molar-refractivity contribution in [2.75, 3.05) is 6.61 Å². The number of hydrogen-bond donors (Lipinski definition) is 1. The highest BCUT2D eigenvalue weighted by Crippen LogP contribution is 2.22. The number of alkyl halides is 3. The Morgan fingerprint density at radius 1 is 1.28 bits per heavy atom. The predicted molar refractivity (Wildman–Crippen MR) is 86.0 cm³/mol. The Bertz CT molecular complexity index is 857. The van der Waals surface area contributed by atoms with Crippen molar-refractivity contribution in [2.24, 2.45) is 0 Å². The van der Waals surface area contributed by atoms with Crippen LogP contribution >= 0.6 is 11.6 Å². The lowest BCUT2D eigenvalue weighted by atomic mass is 10.2. The Kier molecular flexibility index (Phi) is 5.91. The van der Waals surface area contributed by atoms with E-state index < -0.39 is 22.8 Å². The van der Waals surface area contributed by atoms with Gasteiger partial charge in [-0.2, -0.15) is 13.2 Å². The minimum absolute atomic E-state index is 0.0264. The van der Waals surface area contributed by atoms with E-state index in [1.54, 1.807) is 6.92 Å². The molecule has 10 heteroatoms. The fourth-order valence-corrected chi connectivity index (χ4v) is 3.46. The molecule has 0 fully saturated rings. The molecule has 0 atom stereocenters. The third-order valence-electron chi connectivity index (χ3n) is 3.10. The van der Waals surface area contributed by atoms with Crippen LogP contribution in [0.2, 0.25) is 5.02 Å². The van der Waals surface area contributed by atoms with Crippen LogP contribution in [0.4, 0.5) is 13.2 Å². The maximum atomic E-state index is 12.4. The van der Waals surface area contributed by atoms with Crippen LogP contribution in [-0.4, -0.2) is 26.2 Å². The van der Waals surface area contributed by atoms with E-state index in [0.29, 0.717) is 10.6 Å². The lowest BCUT2D eigenvalue weighted by Crippen LogP contribution is -2.25. The van der Waals surface area contributed by atoms with Crippen LogP contribution < -0.4 is 9.46 Å². The zero-order valence-electron chi connectivity index (χ0n) is 13.0. The van der Waals surface area contributed by atoms with Crippen molar-refractivity contribution in [1.82, 2.24) is 9.71 Å². The van der Waals surface area contributed by atoms with E-state index in [1.807, 2.05) is 0 Å². The topological polar surface area (TPSA) is 68.3 Å². The molecule has 2 rings (SSSR count). The van der Waals surface area contributed by atoms with Crippen LogP contribution in [0.25, 0.3) is 0 Å². The highest BCUT2D eigenvalue weighted by Gasteiger charge is 2.29. The Hall–Kier alpha value is -1.84. The zero-order chi connectivity index (χ0) is 18.7. The first-order valence-electron chi connectivity index (χ1n) is 6.98. The monoisotopic (exact) mass is 394 g/mol. The molecule has 136 valence electrons. The summed E-state index contributed by atoms with van der Waals surface area (Å²) < 4.78 is 68.5. The molecule has 0 radical (unpaired) electrons. The van der Waals surface area contributed by atoms with E-state index in [2.05, 4.69) is 14.4 Å². The van der Waals surface area contributed by atoms with Crippen molar-refractivity contribution in [1.29, 1.82) is 0 Å². The minimum atomic E-state index is -4.52. The van der Waals surface area contributed by atoms with Crippen LogP contribution in [0, 0.1) is 6.92 Å². The number of hydrogen-bond acceptors (Lipinski definition) is 4. The third kappa shape index (κ3) is 5.58. The van der Waals surface area contributed by atoms with Gasteiger partial charge >= 0.3 is 6.18 Å². The molecule has 5 nitrogen and oxygen atoms in total. The van der Waals surface area contributed by atoms with Crippen LogP contribution in [0.1, 0.15) is 11.1 Å². The van der Waals surface area contributed by atoms with E-state index >= 15 is 0 Å². The SMILES string of the molecule is Cc1cc(Cl)ccc1S(=O)(=O)NCc1cccnc1OCC(F)(F)F. The molecule has 0 aliphatic rings. The molecule has 25 heavy (non-hydrogen) atoms. The molecule has 0 spiro atoms. The van der Waals surface area contributed by atoms with Gasteiger partial charge < -0.3 is 4.74 Å². The standard InChI is InChI=1S/C15H14ClF3N2O3S/c1-10-7-12(16)4-5-13(10)25(22,23)21-8-11-3-2-6-20-14(11)24-9-15(17,18)19/h2-7,21H,8-9H2,1H3. The van der Waals surface area contributed by atoms with Gasteiger partial charge in [-0.15, -0.1) is 0 Å². The quantitative estimate of drug-likeness (QED) is 0.814. The van der Waals surface area contributed by atoms with E-state index in [0.717, 1.165) is 0 Å². The number of ether oxygens (including phenoxy) is 1. The summed E-state index contributed by atoms with van der Waals surface area (Å²) in [4.78, 5) is 3.74. The summed E-state index contributed by atoms with van der Waals surface area (Å²) in [6.07, 6.45) is -3.26. The summed E-state index contributed by atoms with van der Waals surface area (Å²) in [5, 5.41) is 0.395. The fourth-order valence-electron chi connectivity index (χ4n) is 2.00. The number of aryl methyl sites for hydroxylation is 1. The first-order valence-corrected chi connectivity index (χ1v) is 8.84. The smallest absolute Gasteiger partial charge is 0.422 e. The minimum Gasteiger partial charge on any atom is -0.468 e. The maximum Gasteiger partial charge on any atom is 0.422 e. The van der Waals surface area contributed by atoms with Gasteiger partial charge in [-0.1, -0.05) is 17.7 Å². The number of benzene rings is 1. The molecule has 0 bridgehead atoms. The summed E-state index contributed by atoms with van der Waals surface area (Å²) in [7, 11) is -3.88. The molecular formula is C15H14ClF3N2O3S. The summed E-state index contributed by atoms with van der Waals surface area (Å²) in [5.74, 6) is -0.282. The van der Waals surface area contributed by atoms with Crippen molar-refractivity contribution in [3.05, 3.63) is 52.7 Å². The summed E-state index contributed by atoms with van der Waals surface area (Å²) in [6, 6.07) is 7.18. The third-order valence-corrected chi connectivity index (χ3v) is 4.90. The molecule has 0 unspecified atom stereocenters. The van der Waals surface area contributed by atoms with Gasteiger partial charge in [0.05, 0.1) is 4.90 Å². The first kappa shape index (κ1) is 19.5. The van der Waals surface area contributed by atoms with E-state index in [-0.39, 0.29) is 22.9 Å². The van der Waals surface area contributed by atoms with Gasteiger partial charge in [0.1, 0.15) is 0 Å². The average Bonchev–Trinajstić information content (AvgIpc) is 2.50. The Labute approximate surface area is 147 Å². The van der Waals surface area contributed by atoms with E-state index in [4.69, 9.17) is 11.6 Å². The molecule has 0 amide bonds. The maximum absolute atomic E-state index is 12.4. The number of aromatic nitrogens is 1. The summed E-state index contributed by atoms with van der Waals surface area (Å²) >= 11 is 5.80. The molecule has 2 aromatic rings. The summed E-state index contributed by atoms with van der Waals surface area (Å²) in [5.41, 5.74) is 0.627. The number of halogens is 4. The van der Waals surface area contributed by atoms with Gasteiger partial charge in [-0.3, -0.25) is 0 Å². The highest BCUT2D eigenvalue weighted by atomic mass is 35.5. The van der Waals surface area contributed by atoms with Gasteiger partial charge in [-0.25, -0.2) is 18.1 Å². The normalized spacial score (nSPS) is 12.2. The second kappa shape index (κ2) is 7.59. The lowest BCUT2D eigenvalue weighted by Gasteiger charge is -2.13. The first-order chi connectivity index (χ1) is 11.6. The fraction of sp³-hybridized carbons (Fsp3) is 0.267. The van der Waals surface area contributed by atoms with Crippen LogP contribution in [0.3, 0.4) is 0 Å². The number of nitrogens with zero attached hydrogens (tertiary/aromatic N) is 1. The molecule has 1 N–H and O–H groups in total. The van der Waals surface area contributed by atoms with Crippen molar-refractivity contribution >= 4 is 21.6 Å². The van der Waals surface area contributed by atoms with Crippen molar-refractivity contribution in [3.8, 4) is 5.88 Å². The second-order valence-corrected chi connectivity index (χ2v) is 7.28. The number of pyridine rings is 1. The van der Waals surface area contributed by atoms with E-state index in [1.165, 1.54) is 36.5 Å². The molecule has 1 heterocycles.